The van der Waals surface area contributed by atoms with Crippen LogP contribution in [0.4, 0.5) is 0 Å². The van der Waals surface area contributed by atoms with Gasteiger partial charge in [0.25, 0.3) is 0 Å². The molecule has 106 valence electrons. The van der Waals surface area contributed by atoms with Gasteiger partial charge >= 0.3 is 0 Å². The van der Waals surface area contributed by atoms with E-state index >= 15 is 0 Å². The molecule has 0 atom stereocenters. The van der Waals surface area contributed by atoms with Crippen LogP contribution in [0.25, 0.3) is 0 Å². The van der Waals surface area contributed by atoms with Gasteiger partial charge in [0.05, 0.1) is 9.79 Å². The van der Waals surface area contributed by atoms with Crippen molar-refractivity contribution < 1.29 is 21.6 Å². The van der Waals surface area contributed by atoms with Crippen LogP contribution in [0, 0.1) is 0 Å². The van der Waals surface area contributed by atoms with Crippen LogP contribution in [-0.4, -0.2) is 35.1 Å². The Morgan fingerprint density at radius 2 is 1.63 bits per heavy atom. The number of hydrogen-bond donors (Lipinski definition) is 0. The summed E-state index contributed by atoms with van der Waals surface area (Å²) in [6, 6.07) is 3.82. The number of carbonyl (C=O) groups excluding carboxylic acids is 1. The Bertz CT molecular complexity index is 700. The van der Waals surface area contributed by atoms with Gasteiger partial charge < -0.3 is 0 Å². The van der Waals surface area contributed by atoms with Crippen molar-refractivity contribution in [3.8, 4) is 0 Å². The molecule has 0 aromatic heterocycles. The maximum Gasteiger partial charge on any atom is 0.175 e. The van der Waals surface area contributed by atoms with E-state index in [-0.39, 0.29) is 22.0 Å². The lowest BCUT2D eigenvalue weighted by atomic mass is 10.1. The Balaban J connectivity index is 3.47. The molecule has 0 saturated carbocycles. The summed E-state index contributed by atoms with van der Waals surface area (Å²) < 4.78 is 46.3. The van der Waals surface area contributed by atoms with Gasteiger partial charge in [0.2, 0.25) is 0 Å². The zero-order chi connectivity index (χ0) is 14.8. The zero-order valence-corrected chi connectivity index (χ0v) is 12.6. The second kappa shape index (κ2) is 5.42. The maximum absolute atomic E-state index is 11.7. The highest BCUT2D eigenvalue weighted by Crippen LogP contribution is 2.21. The van der Waals surface area contributed by atoms with Gasteiger partial charge in [-0.1, -0.05) is 13.0 Å². The van der Waals surface area contributed by atoms with Gasteiger partial charge in [0, 0.05) is 25.4 Å². The highest BCUT2D eigenvalue weighted by Gasteiger charge is 2.18. The van der Waals surface area contributed by atoms with E-state index in [4.69, 9.17) is 0 Å². The first kappa shape index (κ1) is 15.8. The monoisotopic (exact) mass is 304 g/mol. The van der Waals surface area contributed by atoms with Crippen LogP contribution in [0.3, 0.4) is 0 Å². The van der Waals surface area contributed by atoms with E-state index in [1.807, 2.05) is 0 Å². The molecule has 0 bridgehead atoms. The standard InChI is InChI=1S/C12H16O5S2/c1-4-10(13)7-9-5-6-11(18(2,14)15)8-12(9)19(3,16)17/h5-6,8H,4,7H2,1-3H3. The van der Waals surface area contributed by atoms with Gasteiger partial charge in [-0.05, 0) is 17.7 Å². The lowest BCUT2D eigenvalue weighted by Crippen LogP contribution is -2.09. The van der Waals surface area contributed by atoms with E-state index in [1.54, 1.807) is 6.92 Å². The number of sulfone groups is 2. The number of carbonyl (C=O) groups is 1. The van der Waals surface area contributed by atoms with E-state index in [9.17, 15) is 21.6 Å². The first-order valence-corrected chi connectivity index (χ1v) is 9.38. The fourth-order valence-corrected chi connectivity index (χ4v) is 3.27. The van der Waals surface area contributed by atoms with E-state index in [0.29, 0.717) is 12.0 Å². The van der Waals surface area contributed by atoms with E-state index in [2.05, 4.69) is 0 Å². The fraction of sp³-hybridized carbons (Fsp3) is 0.417. The summed E-state index contributed by atoms with van der Waals surface area (Å²) >= 11 is 0. The Kier molecular flexibility index (Phi) is 4.52. The molecule has 0 saturated heterocycles. The summed E-state index contributed by atoms with van der Waals surface area (Å²) in [6.45, 7) is 1.69. The van der Waals surface area contributed by atoms with Crippen molar-refractivity contribution in [1.82, 2.24) is 0 Å². The van der Waals surface area contributed by atoms with Crippen LogP contribution in [-0.2, 0) is 30.9 Å². The third kappa shape index (κ3) is 4.14. The summed E-state index contributed by atoms with van der Waals surface area (Å²) in [5.74, 6) is -0.1000. The molecule has 19 heavy (non-hydrogen) atoms. The molecule has 1 aromatic carbocycles. The number of benzene rings is 1. The van der Waals surface area contributed by atoms with Gasteiger partial charge in [0.1, 0.15) is 5.78 Å². The van der Waals surface area contributed by atoms with Crippen molar-refractivity contribution in [3.05, 3.63) is 23.8 Å². The predicted octanol–water partition coefficient (Wildman–Crippen LogP) is 1.02. The van der Waals surface area contributed by atoms with Crippen molar-refractivity contribution in [2.24, 2.45) is 0 Å². The SMILES string of the molecule is CCC(=O)Cc1ccc(S(C)(=O)=O)cc1S(C)(=O)=O. The average molecular weight is 304 g/mol. The van der Waals surface area contributed by atoms with Crippen LogP contribution in [0.15, 0.2) is 28.0 Å². The second-order valence-electron chi connectivity index (χ2n) is 4.38. The molecule has 0 aliphatic heterocycles. The minimum absolute atomic E-state index is 0.0110. The van der Waals surface area contributed by atoms with Crippen molar-refractivity contribution in [3.63, 3.8) is 0 Å². The minimum Gasteiger partial charge on any atom is -0.299 e. The molecule has 0 spiro atoms. The highest BCUT2D eigenvalue weighted by molar-refractivity contribution is 7.91. The first-order valence-electron chi connectivity index (χ1n) is 5.60. The normalized spacial score (nSPS) is 12.4. The first-order chi connectivity index (χ1) is 8.55. The van der Waals surface area contributed by atoms with Crippen LogP contribution in [0.5, 0.6) is 0 Å². The molecule has 0 fully saturated rings. The molecule has 0 aliphatic carbocycles. The Morgan fingerprint density at radius 1 is 1.05 bits per heavy atom. The molecule has 0 heterocycles. The van der Waals surface area contributed by atoms with Gasteiger partial charge in [-0.25, -0.2) is 16.8 Å². The molecule has 0 radical (unpaired) electrons. The van der Waals surface area contributed by atoms with Gasteiger partial charge in [0.15, 0.2) is 19.7 Å². The summed E-state index contributed by atoms with van der Waals surface area (Å²) in [5.41, 5.74) is 0.335. The molecule has 0 unspecified atom stereocenters. The molecule has 7 heteroatoms. The molecule has 1 rings (SSSR count). The molecule has 5 nitrogen and oxygen atoms in total. The minimum atomic E-state index is -3.59. The van der Waals surface area contributed by atoms with E-state index in [0.717, 1.165) is 18.6 Å². The second-order valence-corrected chi connectivity index (χ2v) is 8.38. The smallest absolute Gasteiger partial charge is 0.175 e. The number of ketones is 1. The Labute approximate surface area is 113 Å². The molecule has 0 amide bonds. The number of hydrogen-bond acceptors (Lipinski definition) is 5. The molecular formula is C12H16O5S2. The van der Waals surface area contributed by atoms with E-state index in [1.165, 1.54) is 12.1 Å². The van der Waals surface area contributed by atoms with Gasteiger partial charge in [-0.2, -0.15) is 0 Å². The van der Waals surface area contributed by atoms with Crippen LogP contribution >= 0.6 is 0 Å². The summed E-state index contributed by atoms with van der Waals surface area (Å²) in [5, 5.41) is 0. The van der Waals surface area contributed by atoms with Gasteiger partial charge in [-0.15, -0.1) is 0 Å². The van der Waals surface area contributed by atoms with Crippen molar-refractivity contribution in [2.45, 2.75) is 29.6 Å². The van der Waals surface area contributed by atoms with E-state index < -0.39 is 19.7 Å². The van der Waals surface area contributed by atoms with Crippen LogP contribution < -0.4 is 0 Å². The quantitative estimate of drug-likeness (QED) is 0.810. The Hall–Kier alpha value is -1.21. The van der Waals surface area contributed by atoms with Crippen molar-refractivity contribution >= 4 is 25.5 Å². The number of rotatable bonds is 5. The van der Waals surface area contributed by atoms with Gasteiger partial charge in [-0.3, -0.25) is 4.79 Å². The fourth-order valence-electron chi connectivity index (χ4n) is 1.59. The number of Topliss-reactive ketones (excluding diaryl/α,β-unsaturated/α-hetero) is 1. The molecule has 0 N–H and O–H groups in total. The van der Waals surface area contributed by atoms with Crippen LogP contribution in [0.2, 0.25) is 0 Å². The lowest BCUT2D eigenvalue weighted by molar-refractivity contribution is -0.118. The average Bonchev–Trinajstić information content (AvgIpc) is 2.26. The molecule has 1 aromatic rings. The third-order valence-corrected chi connectivity index (χ3v) is 4.94. The zero-order valence-electron chi connectivity index (χ0n) is 11.0. The lowest BCUT2D eigenvalue weighted by Gasteiger charge is -2.09. The third-order valence-electron chi connectivity index (χ3n) is 2.65. The largest absolute Gasteiger partial charge is 0.299 e. The predicted molar refractivity (Wildman–Crippen MR) is 71.7 cm³/mol. The van der Waals surface area contributed by atoms with Crippen LogP contribution in [0.1, 0.15) is 18.9 Å². The van der Waals surface area contributed by atoms with Crippen molar-refractivity contribution in [2.75, 3.05) is 12.5 Å². The highest BCUT2D eigenvalue weighted by atomic mass is 32.2. The Morgan fingerprint density at radius 3 is 2.05 bits per heavy atom. The van der Waals surface area contributed by atoms with Crippen molar-refractivity contribution in [1.29, 1.82) is 0 Å². The topological polar surface area (TPSA) is 85.3 Å². The summed E-state index contributed by atoms with van der Waals surface area (Å²) in [7, 11) is -7.07. The molecular weight excluding hydrogens is 288 g/mol. The maximum atomic E-state index is 11.7. The molecule has 0 aliphatic rings. The summed E-state index contributed by atoms with van der Waals surface area (Å²) in [6.07, 6.45) is 2.29. The summed E-state index contributed by atoms with van der Waals surface area (Å²) in [4.78, 5) is 11.3.